The summed E-state index contributed by atoms with van der Waals surface area (Å²) >= 11 is 0. The van der Waals surface area contributed by atoms with Crippen LogP contribution in [0.5, 0.6) is 0 Å². The third kappa shape index (κ3) is 6.40. The number of aromatic amines is 1. The third-order valence-electron chi connectivity index (χ3n) is 6.68. The van der Waals surface area contributed by atoms with Crippen molar-refractivity contribution in [2.24, 2.45) is 0 Å². The van der Waals surface area contributed by atoms with Gasteiger partial charge in [-0.2, -0.15) is 23.1 Å². The van der Waals surface area contributed by atoms with E-state index in [1.165, 1.54) is 12.1 Å². The lowest BCUT2D eigenvalue weighted by Gasteiger charge is -2.34. The number of alkyl halides is 3. The van der Waals surface area contributed by atoms with Gasteiger partial charge in [0, 0.05) is 26.2 Å². The molecule has 0 radical (unpaired) electrons. The van der Waals surface area contributed by atoms with Crippen LogP contribution in [0.25, 0.3) is 27.9 Å². The van der Waals surface area contributed by atoms with Crippen LogP contribution in [-0.4, -0.2) is 84.4 Å². The Hall–Kier alpha value is -4.79. The molecule has 6 rings (SSSR count). The van der Waals surface area contributed by atoms with Gasteiger partial charge >= 0.3 is 12.1 Å². The van der Waals surface area contributed by atoms with E-state index < -0.39 is 12.1 Å². The minimum absolute atomic E-state index is 0.308. The Kier molecular flexibility index (Phi) is 8.20. The molecule has 220 valence electrons. The van der Waals surface area contributed by atoms with E-state index in [9.17, 15) is 17.6 Å². The highest BCUT2D eigenvalue weighted by molar-refractivity contribution is 5.85. The average Bonchev–Trinajstić information content (AvgIpc) is 3.60. The van der Waals surface area contributed by atoms with Crippen molar-refractivity contribution in [3.63, 3.8) is 0 Å². The molecule has 1 saturated heterocycles. The maximum Gasteiger partial charge on any atom is 0.490 e. The molecule has 0 spiro atoms. The topological polar surface area (TPSA) is 128 Å². The lowest BCUT2D eigenvalue weighted by atomic mass is 10.3. The first-order chi connectivity index (χ1) is 20.1. The monoisotopic (exact) mass is 585 g/mol. The quantitative estimate of drug-likeness (QED) is 0.251. The third-order valence-corrected chi connectivity index (χ3v) is 6.68. The second kappa shape index (κ2) is 12.0. The van der Waals surface area contributed by atoms with Gasteiger partial charge in [0.15, 0.2) is 17.0 Å². The van der Waals surface area contributed by atoms with Crippen molar-refractivity contribution >= 4 is 39.9 Å². The zero-order valence-electron chi connectivity index (χ0n) is 22.4. The molecule has 1 aliphatic rings. The SMILES string of the molecule is CCN1CCN(c2nc(NCc3nc4ccccc4[nH]3)c3ncn(-c4cccc(F)c4)c3n2)CC1.O=C(O)C(F)(F)F. The number of anilines is 2. The van der Waals surface area contributed by atoms with Gasteiger partial charge in [0.2, 0.25) is 5.95 Å². The number of piperazine rings is 1. The maximum absolute atomic E-state index is 14.0. The van der Waals surface area contributed by atoms with E-state index in [1.807, 2.05) is 30.3 Å². The number of rotatable bonds is 6. The summed E-state index contributed by atoms with van der Waals surface area (Å²) in [4.78, 5) is 35.8. The molecule has 0 atom stereocenters. The number of hydrogen-bond donors (Lipinski definition) is 3. The number of hydrogen-bond acceptors (Lipinski definition) is 8. The number of halogens is 4. The van der Waals surface area contributed by atoms with E-state index in [4.69, 9.17) is 19.9 Å². The summed E-state index contributed by atoms with van der Waals surface area (Å²) in [6.45, 7) is 7.27. The van der Waals surface area contributed by atoms with Crippen LogP contribution in [0.15, 0.2) is 54.9 Å². The van der Waals surface area contributed by atoms with Crippen molar-refractivity contribution in [1.82, 2.24) is 34.4 Å². The first kappa shape index (κ1) is 28.7. The number of imidazole rings is 2. The number of aliphatic carboxylic acids is 1. The summed E-state index contributed by atoms with van der Waals surface area (Å²) in [7, 11) is 0. The fourth-order valence-corrected chi connectivity index (χ4v) is 4.49. The highest BCUT2D eigenvalue weighted by Crippen LogP contribution is 2.26. The number of fused-ring (bicyclic) bond motifs is 2. The molecule has 0 amide bonds. The summed E-state index contributed by atoms with van der Waals surface area (Å²) in [6, 6.07) is 14.4. The number of nitrogens with zero attached hydrogens (tertiary/aromatic N) is 7. The molecule has 11 nitrogen and oxygen atoms in total. The van der Waals surface area contributed by atoms with Gasteiger partial charge in [-0.3, -0.25) is 4.57 Å². The highest BCUT2D eigenvalue weighted by Gasteiger charge is 2.38. The molecule has 5 aromatic rings. The largest absolute Gasteiger partial charge is 0.490 e. The summed E-state index contributed by atoms with van der Waals surface area (Å²) < 4.78 is 47.5. The van der Waals surface area contributed by atoms with Gasteiger partial charge < -0.3 is 25.2 Å². The number of H-pyrrole nitrogens is 1. The molecule has 0 aliphatic carbocycles. The fraction of sp³-hybridized carbons (Fsp3) is 0.296. The Bertz CT molecular complexity index is 1660. The van der Waals surface area contributed by atoms with Crippen LogP contribution in [0.1, 0.15) is 12.7 Å². The number of carboxylic acids is 1. The predicted octanol–water partition coefficient (Wildman–Crippen LogP) is 4.22. The number of benzene rings is 2. The summed E-state index contributed by atoms with van der Waals surface area (Å²) in [5.41, 5.74) is 3.83. The standard InChI is InChI=1S/C25H26FN9.C2HF3O2/c1-2-33-10-12-34(13-11-33)25-31-23(27-15-21-29-19-8-3-4-9-20(19)30-21)22-24(32-25)35(16-28-22)18-7-5-6-17(26)14-18;3-2(4,5)1(6)7/h3-9,14,16H,2,10-13,15H2,1H3,(H,29,30)(H,27,31,32);(H,6,7). The first-order valence-corrected chi connectivity index (χ1v) is 13.1. The Labute approximate surface area is 236 Å². The number of aromatic nitrogens is 6. The Morgan fingerprint density at radius 2 is 1.79 bits per heavy atom. The number of carboxylic acid groups (broad SMARTS) is 1. The molecule has 0 unspecified atom stereocenters. The van der Waals surface area contributed by atoms with Crippen molar-refractivity contribution in [1.29, 1.82) is 0 Å². The highest BCUT2D eigenvalue weighted by atomic mass is 19.4. The number of carbonyl (C=O) groups is 1. The molecule has 3 aromatic heterocycles. The van der Waals surface area contributed by atoms with Crippen molar-refractivity contribution in [2.75, 3.05) is 42.9 Å². The van der Waals surface area contributed by atoms with E-state index in [1.54, 1.807) is 17.0 Å². The van der Waals surface area contributed by atoms with Gasteiger partial charge in [0.05, 0.1) is 23.3 Å². The number of nitrogens with one attached hydrogen (secondary N) is 2. The Morgan fingerprint density at radius 1 is 1.05 bits per heavy atom. The maximum atomic E-state index is 14.0. The van der Waals surface area contributed by atoms with Crippen LogP contribution in [0.4, 0.5) is 29.3 Å². The molecule has 15 heteroatoms. The van der Waals surface area contributed by atoms with E-state index in [0.717, 1.165) is 49.6 Å². The van der Waals surface area contributed by atoms with Crippen molar-refractivity contribution in [3.05, 3.63) is 66.5 Å². The summed E-state index contributed by atoms with van der Waals surface area (Å²) in [6.07, 6.45) is -3.42. The molecule has 4 heterocycles. The van der Waals surface area contributed by atoms with Gasteiger partial charge in [-0.1, -0.05) is 25.1 Å². The second-order valence-corrected chi connectivity index (χ2v) is 9.42. The van der Waals surface area contributed by atoms with Gasteiger partial charge in [-0.25, -0.2) is 19.2 Å². The first-order valence-electron chi connectivity index (χ1n) is 13.1. The van der Waals surface area contributed by atoms with Crippen LogP contribution in [-0.2, 0) is 11.3 Å². The van der Waals surface area contributed by atoms with Crippen molar-refractivity contribution < 1.29 is 27.5 Å². The lowest BCUT2D eigenvalue weighted by molar-refractivity contribution is -0.192. The molecule has 42 heavy (non-hydrogen) atoms. The molecule has 1 aliphatic heterocycles. The van der Waals surface area contributed by atoms with Crippen LogP contribution < -0.4 is 10.2 Å². The number of para-hydroxylation sites is 2. The van der Waals surface area contributed by atoms with Crippen LogP contribution in [0, 0.1) is 5.82 Å². The average molecular weight is 586 g/mol. The van der Waals surface area contributed by atoms with Crippen LogP contribution in [0.3, 0.4) is 0 Å². The normalized spacial score (nSPS) is 14.2. The zero-order valence-corrected chi connectivity index (χ0v) is 22.4. The van der Waals surface area contributed by atoms with Gasteiger partial charge in [-0.05, 0) is 36.9 Å². The summed E-state index contributed by atoms with van der Waals surface area (Å²) in [5, 5.41) is 10.5. The van der Waals surface area contributed by atoms with E-state index in [2.05, 4.69) is 37.0 Å². The van der Waals surface area contributed by atoms with E-state index in [-0.39, 0.29) is 5.82 Å². The van der Waals surface area contributed by atoms with Gasteiger partial charge in [0.1, 0.15) is 18.0 Å². The number of likely N-dealkylation sites (N-methyl/N-ethyl adjacent to an activating group) is 1. The predicted molar refractivity (Wildman–Crippen MR) is 148 cm³/mol. The Balaban J connectivity index is 0.000000451. The second-order valence-electron chi connectivity index (χ2n) is 9.42. The van der Waals surface area contributed by atoms with E-state index in [0.29, 0.717) is 35.2 Å². The smallest absolute Gasteiger partial charge is 0.475 e. The minimum atomic E-state index is -5.08. The minimum Gasteiger partial charge on any atom is -0.475 e. The molecule has 3 N–H and O–H groups in total. The van der Waals surface area contributed by atoms with Crippen molar-refractivity contribution in [2.45, 2.75) is 19.6 Å². The molecular weight excluding hydrogens is 558 g/mol. The van der Waals surface area contributed by atoms with Crippen LogP contribution >= 0.6 is 0 Å². The molecule has 2 aromatic carbocycles. The molecule has 1 fully saturated rings. The van der Waals surface area contributed by atoms with Gasteiger partial charge in [0.25, 0.3) is 0 Å². The Morgan fingerprint density at radius 3 is 2.45 bits per heavy atom. The van der Waals surface area contributed by atoms with Crippen LogP contribution in [0.2, 0.25) is 0 Å². The van der Waals surface area contributed by atoms with Gasteiger partial charge in [-0.15, -0.1) is 0 Å². The fourth-order valence-electron chi connectivity index (χ4n) is 4.49. The zero-order chi connectivity index (χ0) is 29.9. The van der Waals surface area contributed by atoms with Crippen molar-refractivity contribution in [3.8, 4) is 5.69 Å². The molecule has 0 bridgehead atoms. The summed E-state index contributed by atoms with van der Waals surface area (Å²) in [5.74, 6) is -0.997. The lowest BCUT2D eigenvalue weighted by Crippen LogP contribution is -2.46. The molecule has 0 saturated carbocycles. The molecular formula is C27H27F4N9O2. The van der Waals surface area contributed by atoms with E-state index >= 15 is 0 Å².